The van der Waals surface area contributed by atoms with Crippen LogP contribution in [0.1, 0.15) is 38.3 Å². The Bertz CT molecular complexity index is 456. The third-order valence-corrected chi connectivity index (χ3v) is 4.12. The fourth-order valence-electron chi connectivity index (χ4n) is 2.77. The second-order valence-corrected chi connectivity index (χ2v) is 6.51. The van der Waals surface area contributed by atoms with Crippen LogP contribution < -0.4 is 10.6 Å². The number of hydrogen-bond acceptors (Lipinski definition) is 3. The standard InChI is InChI=1S/C17H28N2O/c1-5-15(18)11-14-6-7-16(10-13(14)2)19-8-9-20-17(3,4)12-19/h6-7,10,15H,5,8-9,11-12,18H2,1-4H3. The van der Waals surface area contributed by atoms with E-state index >= 15 is 0 Å². The third kappa shape index (κ3) is 3.74. The highest BCUT2D eigenvalue weighted by Crippen LogP contribution is 2.25. The summed E-state index contributed by atoms with van der Waals surface area (Å²) in [5, 5.41) is 0. The lowest BCUT2D eigenvalue weighted by Crippen LogP contribution is -2.48. The first-order valence-electron chi connectivity index (χ1n) is 7.65. The van der Waals surface area contributed by atoms with E-state index in [1.807, 2.05) is 0 Å². The van der Waals surface area contributed by atoms with Gasteiger partial charge in [0.05, 0.1) is 12.2 Å². The minimum Gasteiger partial charge on any atom is -0.372 e. The summed E-state index contributed by atoms with van der Waals surface area (Å²) in [5.74, 6) is 0. The number of rotatable bonds is 4. The van der Waals surface area contributed by atoms with E-state index in [0.29, 0.717) is 0 Å². The predicted octanol–water partition coefficient (Wildman–Crippen LogP) is 2.89. The van der Waals surface area contributed by atoms with E-state index in [1.54, 1.807) is 0 Å². The molecule has 0 aliphatic carbocycles. The van der Waals surface area contributed by atoms with Crippen LogP contribution in [-0.2, 0) is 11.2 Å². The van der Waals surface area contributed by atoms with E-state index in [-0.39, 0.29) is 11.6 Å². The van der Waals surface area contributed by atoms with Crippen molar-refractivity contribution in [3.05, 3.63) is 29.3 Å². The van der Waals surface area contributed by atoms with E-state index in [2.05, 4.69) is 50.8 Å². The van der Waals surface area contributed by atoms with Gasteiger partial charge in [-0.3, -0.25) is 0 Å². The summed E-state index contributed by atoms with van der Waals surface area (Å²) in [5.41, 5.74) is 10.0. The normalized spacial score (nSPS) is 19.9. The molecule has 3 heteroatoms. The fraction of sp³-hybridized carbons (Fsp3) is 0.647. The molecule has 0 aromatic heterocycles. The molecular weight excluding hydrogens is 248 g/mol. The van der Waals surface area contributed by atoms with Gasteiger partial charge in [-0.1, -0.05) is 13.0 Å². The molecule has 3 nitrogen and oxygen atoms in total. The SMILES string of the molecule is CCC(N)Cc1ccc(N2CCOC(C)(C)C2)cc1C. The van der Waals surface area contributed by atoms with Crippen molar-refractivity contribution in [3.8, 4) is 0 Å². The minimum absolute atomic E-state index is 0.0601. The molecule has 2 rings (SSSR count). The Balaban J connectivity index is 2.12. The topological polar surface area (TPSA) is 38.5 Å². The van der Waals surface area contributed by atoms with Gasteiger partial charge in [-0.25, -0.2) is 0 Å². The number of nitrogens with two attached hydrogens (primary N) is 1. The summed E-state index contributed by atoms with van der Waals surface area (Å²) in [7, 11) is 0. The average Bonchev–Trinajstić information content (AvgIpc) is 2.39. The molecular formula is C17H28N2O. The van der Waals surface area contributed by atoms with Crippen LogP contribution in [0.2, 0.25) is 0 Å². The maximum Gasteiger partial charge on any atom is 0.0801 e. The Morgan fingerprint density at radius 3 is 2.75 bits per heavy atom. The molecule has 1 aliphatic rings. The van der Waals surface area contributed by atoms with Crippen LogP contribution in [0.4, 0.5) is 5.69 Å². The van der Waals surface area contributed by atoms with E-state index in [4.69, 9.17) is 10.5 Å². The van der Waals surface area contributed by atoms with Crippen LogP contribution >= 0.6 is 0 Å². The van der Waals surface area contributed by atoms with Gasteiger partial charge in [-0.05, 0) is 56.9 Å². The van der Waals surface area contributed by atoms with Crippen LogP contribution in [-0.4, -0.2) is 31.3 Å². The van der Waals surface area contributed by atoms with Crippen LogP contribution in [0.3, 0.4) is 0 Å². The van der Waals surface area contributed by atoms with E-state index in [0.717, 1.165) is 32.5 Å². The monoisotopic (exact) mass is 276 g/mol. The average molecular weight is 276 g/mol. The number of hydrogen-bond donors (Lipinski definition) is 1. The lowest BCUT2D eigenvalue weighted by molar-refractivity contribution is -0.0276. The molecule has 0 radical (unpaired) electrons. The smallest absolute Gasteiger partial charge is 0.0801 e. The summed E-state index contributed by atoms with van der Waals surface area (Å²) >= 11 is 0. The third-order valence-electron chi connectivity index (χ3n) is 4.12. The van der Waals surface area contributed by atoms with Crippen LogP contribution in [0.15, 0.2) is 18.2 Å². The Morgan fingerprint density at radius 1 is 1.40 bits per heavy atom. The Kier molecular flexibility index (Phi) is 4.71. The van der Waals surface area contributed by atoms with Gasteiger partial charge < -0.3 is 15.4 Å². The van der Waals surface area contributed by atoms with Gasteiger partial charge in [0.1, 0.15) is 0 Å². The molecule has 1 heterocycles. The Morgan fingerprint density at radius 2 is 2.15 bits per heavy atom. The molecule has 1 atom stereocenters. The molecule has 1 aromatic carbocycles. The number of aryl methyl sites for hydroxylation is 1. The first kappa shape index (κ1) is 15.3. The lowest BCUT2D eigenvalue weighted by Gasteiger charge is -2.39. The molecule has 2 N–H and O–H groups in total. The number of anilines is 1. The van der Waals surface area contributed by atoms with Gasteiger partial charge in [0, 0.05) is 24.8 Å². The molecule has 1 unspecified atom stereocenters. The highest BCUT2D eigenvalue weighted by Gasteiger charge is 2.27. The molecule has 0 spiro atoms. The highest BCUT2D eigenvalue weighted by molar-refractivity contribution is 5.51. The van der Waals surface area contributed by atoms with E-state index in [9.17, 15) is 0 Å². The summed E-state index contributed by atoms with van der Waals surface area (Å²) in [6, 6.07) is 7.02. The summed E-state index contributed by atoms with van der Waals surface area (Å²) in [6.07, 6.45) is 2.00. The zero-order chi connectivity index (χ0) is 14.8. The minimum atomic E-state index is -0.0601. The largest absolute Gasteiger partial charge is 0.372 e. The molecule has 112 valence electrons. The quantitative estimate of drug-likeness (QED) is 0.919. The lowest BCUT2D eigenvalue weighted by atomic mass is 9.99. The summed E-state index contributed by atoms with van der Waals surface area (Å²) in [6.45, 7) is 11.4. The maximum atomic E-state index is 6.06. The van der Waals surface area contributed by atoms with Crippen LogP contribution in [0, 0.1) is 6.92 Å². The number of benzene rings is 1. The molecule has 20 heavy (non-hydrogen) atoms. The van der Waals surface area contributed by atoms with Crippen molar-refractivity contribution in [3.63, 3.8) is 0 Å². The van der Waals surface area contributed by atoms with Crippen molar-refractivity contribution in [2.24, 2.45) is 5.73 Å². The molecule has 1 aliphatic heterocycles. The van der Waals surface area contributed by atoms with E-state index < -0.39 is 0 Å². The van der Waals surface area contributed by atoms with Crippen molar-refractivity contribution >= 4 is 5.69 Å². The van der Waals surface area contributed by atoms with Gasteiger partial charge in [0.25, 0.3) is 0 Å². The zero-order valence-corrected chi connectivity index (χ0v) is 13.3. The number of morpholine rings is 1. The van der Waals surface area contributed by atoms with Crippen molar-refractivity contribution in [2.75, 3.05) is 24.6 Å². The van der Waals surface area contributed by atoms with Gasteiger partial charge in [0.15, 0.2) is 0 Å². The molecule has 0 saturated carbocycles. The maximum absolute atomic E-state index is 6.06. The summed E-state index contributed by atoms with van der Waals surface area (Å²) in [4.78, 5) is 2.42. The van der Waals surface area contributed by atoms with Gasteiger partial charge in [0.2, 0.25) is 0 Å². The first-order chi connectivity index (χ1) is 9.41. The zero-order valence-electron chi connectivity index (χ0n) is 13.3. The van der Waals surface area contributed by atoms with Crippen molar-refractivity contribution < 1.29 is 4.74 Å². The summed E-state index contributed by atoms with van der Waals surface area (Å²) < 4.78 is 5.78. The van der Waals surface area contributed by atoms with Gasteiger partial charge >= 0.3 is 0 Å². The molecule has 1 fully saturated rings. The highest BCUT2D eigenvalue weighted by atomic mass is 16.5. The molecule has 1 saturated heterocycles. The van der Waals surface area contributed by atoms with E-state index in [1.165, 1.54) is 16.8 Å². The first-order valence-corrected chi connectivity index (χ1v) is 7.65. The number of nitrogens with zero attached hydrogens (tertiary/aromatic N) is 1. The van der Waals surface area contributed by atoms with Crippen LogP contribution in [0.25, 0.3) is 0 Å². The predicted molar refractivity (Wildman–Crippen MR) is 85.4 cm³/mol. The van der Waals surface area contributed by atoms with Crippen LogP contribution in [0.5, 0.6) is 0 Å². The fourth-order valence-corrected chi connectivity index (χ4v) is 2.77. The molecule has 0 bridgehead atoms. The van der Waals surface area contributed by atoms with Gasteiger partial charge in [-0.2, -0.15) is 0 Å². The second kappa shape index (κ2) is 6.15. The van der Waals surface area contributed by atoms with Crippen molar-refractivity contribution in [1.29, 1.82) is 0 Å². The second-order valence-electron chi connectivity index (χ2n) is 6.51. The molecule has 0 amide bonds. The Labute approximate surface area is 123 Å². The van der Waals surface area contributed by atoms with Crippen molar-refractivity contribution in [1.82, 2.24) is 0 Å². The van der Waals surface area contributed by atoms with Crippen molar-refractivity contribution in [2.45, 2.75) is 52.2 Å². The Hall–Kier alpha value is -1.06. The van der Waals surface area contributed by atoms with Gasteiger partial charge in [-0.15, -0.1) is 0 Å². The number of ether oxygens (including phenoxy) is 1. The molecule has 1 aromatic rings.